The summed E-state index contributed by atoms with van der Waals surface area (Å²) in [6, 6.07) is 2.56. The normalized spacial score (nSPS) is 17.0. The van der Waals surface area contributed by atoms with Gasteiger partial charge in [-0.05, 0) is 30.5 Å². The molecule has 4 rings (SSSR count). The van der Waals surface area contributed by atoms with Gasteiger partial charge in [-0.2, -0.15) is 14.4 Å². The van der Waals surface area contributed by atoms with Crippen molar-refractivity contribution in [3.05, 3.63) is 30.1 Å². The lowest BCUT2D eigenvalue weighted by Crippen LogP contribution is -2.09. The molecule has 0 bridgehead atoms. The molecule has 1 atom stereocenters. The van der Waals surface area contributed by atoms with Crippen molar-refractivity contribution >= 4 is 17.0 Å². The molecule has 26 heavy (non-hydrogen) atoms. The SMILES string of the molecule is Oc1cc(CNc2nc(F)nc3c2ncn3C2CCCO2)cc(O)c1O. The van der Waals surface area contributed by atoms with Crippen LogP contribution in [0, 0.1) is 6.08 Å². The van der Waals surface area contributed by atoms with Crippen LogP contribution in [0.1, 0.15) is 24.6 Å². The number of ether oxygens (including phenoxy) is 1. The van der Waals surface area contributed by atoms with Gasteiger partial charge in [-0.25, -0.2) is 4.98 Å². The third-order valence-corrected chi connectivity index (χ3v) is 4.20. The second-order valence-corrected chi connectivity index (χ2v) is 5.97. The summed E-state index contributed by atoms with van der Waals surface area (Å²) in [6.07, 6.45) is 2.12. The number of imidazole rings is 1. The van der Waals surface area contributed by atoms with Crippen molar-refractivity contribution in [1.82, 2.24) is 19.5 Å². The molecular formula is C16H16FN5O4. The number of phenolic OH excluding ortho intramolecular Hbond substituents is 3. The molecule has 0 amide bonds. The molecule has 1 aromatic carbocycles. The van der Waals surface area contributed by atoms with Crippen LogP contribution < -0.4 is 5.32 Å². The molecule has 10 heteroatoms. The number of halogens is 1. The number of fused-ring (bicyclic) bond motifs is 1. The third kappa shape index (κ3) is 2.84. The van der Waals surface area contributed by atoms with Crippen LogP contribution >= 0.6 is 0 Å². The summed E-state index contributed by atoms with van der Waals surface area (Å²) in [5.74, 6) is -1.33. The molecule has 4 N–H and O–H groups in total. The van der Waals surface area contributed by atoms with Crippen molar-refractivity contribution in [2.45, 2.75) is 25.6 Å². The fourth-order valence-electron chi connectivity index (χ4n) is 2.95. The summed E-state index contributed by atoms with van der Waals surface area (Å²) >= 11 is 0. The summed E-state index contributed by atoms with van der Waals surface area (Å²) in [5.41, 5.74) is 1.17. The molecule has 9 nitrogen and oxygen atoms in total. The molecular weight excluding hydrogens is 345 g/mol. The van der Waals surface area contributed by atoms with Gasteiger partial charge in [0.25, 0.3) is 0 Å². The lowest BCUT2D eigenvalue weighted by Gasteiger charge is -2.12. The number of nitrogens with zero attached hydrogens (tertiary/aromatic N) is 4. The first-order chi connectivity index (χ1) is 12.5. The molecule has 1 fully saturated rings. The largest absolute Gasteiger partial charge is 0.504 e. The van der Waals surface area contributed by atoms with Crippen molar-refractivity contribution in [3.8, 4) is 17.2 Å². The Balaban J connectivity index is 1.64. The first-order valence-corrected chi connectivity index (χ1v) is 8.02. The number of rotatable bonds is 4. The Bertz CT molecular complexity index is 948. The van der Waals surface area contributed by atoms with Gasteiger partial charge in [-0.3, -0.25) is 4.57 Å². The van der Waals surface area contributed by atoms with Crippen molar-refractivity contribution in [2.75, 3.05) is 11.9 Å². The summed E-state index contributed by atoms with van der Waals surface area (Å²) in [5, 5.41) is 31.4. The van der Waals surface area contributed by atoms with Gasteiger partial charge in [0.15, 0.2) is 34.2 Å². The van der Waals surface area contributed by atoms with Gasteiger partial charge in [-0.1, -0.05) is 0 Å². The monoisotopic (exact) mass is 361 g/mol. The molecule has 136 valence electrons. The van der Waals surface area contributed by atoms with Gasteiger partial charge in [0.05, 0.1) is 6.33 Å². The van der Waals surface area contributed by atoms with Gasteiger partial charge in [0.1, 0.15) is 6.23 Å². The van der Waals surface area contributed by atoms with Gasteiger partial charge in [0.2, 0.25) is 0 Å². The molecule has 3 aromatic rings. The van der Waals surface area contributed by atoms with E-state index >= 15 is 0 Å². The van der Waals surface area contributed by atoms with Crippen LogP contribution in [0.3, 0.4) is 0 Å². The van der Waals surface area contributed by atoms with Crippen LogP contribution in [-0.2, 0) is 11.3 Å². The number of phenols is 3. The molecule has 1 aliphatic heterocycles. The highest BCUT2D eigenvalue weighted by Gasteiger charge is 2.22. The minimum Gasteiger partial charge on any atom is -0.504 e. The highest BCUT2D eigenvalue weighted by Crippen LogP contribution is 2.35. The van der Waals surface area contributed by atoms with E-state index in [0.29, 0.717) is 23.3 Å². The Morgan fingerprint density at radius 1 is 1.23 bits per heavy atom. The molecule has 1 saturated heterocycles. The van der Waals surface area contributed by atoms with Gasteiger partial charge in [0, 0.05) is 13.2 Å². The van der Waals surface area contributed by atoms with Crippen LogP contribution in [0.2, 0.25) is 0 Å². The van der Waals surface area contributed by atoms with Gasteiger partial charge < -0.3 is 25.4 Å². The first kappa shape index (κ1) is 16.3. The number of benzene rings is 1. The summed E-state index contributed by atoms with van der Waals surface area (Å²) in [4.78, 5) is 11.8. The van der Waals surface area contributed by atoms with Crippen LogP contribution in [0.4, 0.5) is 10.2 Å². The number of hydrogen-bond donors (Lipinski definition) is 4. The number of nitrogens with one attached hydrogen (secondary N) is 1. The van der Waals surface area contributed by atoms with Gasteiger partial charge in [-0.15, -0.1) is 0 Å². The standard InChI is InChI=1S/C16H16FN5O4/c17-16-20-14(18-6-8-4-9(23)13(25)10(24)5-8)12-15(21-16)22(7-19-12)11-2-1-3-26-11/h4-5,7,11,23-25H,1-3,6H2,(H,18,20,21). The zero-order valence-electron chi connectivity index (χ0n) is 13.6. The topological polar surface area (TPSA) is 126 Å². The molecule has 1 unspecified atom stereocenters. The fraction of sp³-hybridized carbons (Fsp3) is 0.312. The minimum atomic E-state index is -0.906. The molecule has 2 aromatic heterocycles. The second-order valence-electron chi connectivity index (χ2n) is 5.97. The van der Waals surface area contributed by atoms with E-state index in [1.807, 2.05) is 0 Å². The Morgan fingerprint density at radius 2 is 2.00 bits per heavy atom. The maximum atomic E-state index is 13.9. The Kier molecular flexibility index (Phi) is 3.96. The van der Waals surface area contributed by atoms with Crippen molar-refractivity contribution in [3.63, 3.8) is 0 Å². The van der Waals surface area contributed by atoms with E-state index in [1.165, 1.54) is 18.5 Å². The van der Waals surface area contributed by atoms with Crippen LogP contribution in [0.25, 0.3) is 11.2 Å². The molecule has 3 heterocycles. The maximum Gasteiger partial charge on any atom is 0.312 e. The number of aromatic nitrogens is 4. The Hall–Kier alpha value is -3.14. The van der Waals surface area contributed by atoms with Crippen LogP contribution in [-0.4, -0.2) is 41.4 Å². The lowest BCUT2D eigenvalue weighted by molar-refractivity contribution is 0.0592. The predicted octanol–water partition coefficient (Wildman–Crippen LogP) is 2.00. The molecule has 1 aliphatic rings. The van der Waals surface area contributed by atoms with E-state index in [4.69, 9.17) is 4.74 Å². The summed E-state index contributed by atoms with van der Waals surface area (Å²) in [7, 11) is 0. The van der Waals surface area contributed by atoms with E-state index in [-0.39, 0.29) is 18.6 Å². The average Bonchev–Trinajstić information content (AvgIpc) is 3.26. The van der Waals surface area contributed by atoms with Crippen molar-refractivity contribution in [1.29, 1.82) is 0 Å². The van der Waals surface area contributed by atoms with E-state index < -0.39 is 23.3 Å². The quantitative estimate of drug-likeness (QED) is 0.411. The van der Waals surface area contributed by atoms with Crippen molar-refractivity contribution in [2.24, 2.45) is 0 Å². The lowest BCUT2D eigenvalue weighted by atomic mass is 10.2. The number of anilines is 1. The fourth-order valence-corrected chi connectivity index (χ4v) is 2.95. The maximum absolute atomic E-state index is 13.9. The zero-order chi connectivity index (χ0) is 18.3. The van der Waals surface area contributed by atoms with Gasteiger partial charge >= 0.3 is 6.08 Å². The smallest absolute Gasteiger partial charge is 0.312 e. The van der Waals surface area contributed by atoms with Crippen LogP contribution in [0.5, 0.6) is 17.2 Å². The second kappa shape index (κ2) is 6.30. The molecule has 0 radical (unpaired) electrons. The summed E-state index contributed by atoms with van der Waals surface area (Å²) < 4.78 is 21.2. The number of aromatic hydroxyl groups is 3. The number of hydrogen-bond acceptors (Lipinski definition) is 8. The molecule has 0 spiro atoms. The Labute approximate surface area is 146 Å². The molecule has 0 aliphatic carbocycles. The van der Waals surface area contributed by atoms with E-state index in [9.17, 15) is 19.7 Å². The zero-order valence-corrected chi connectivity index (χ0v) is 13.6. The Morgan fingerprint density at radius 3 is 2.69 bits per heavy atom. The average molecular weight is 361 g/mol. The van der Waals surface area contributed by atoms with Crippen LogP contribution in [0.15, 0.2) is 18.5 Å². The summed E-state index contributed by atoms with van der Waals surface area (Å²) in [6.45, 7) is 0.747. The van der Waals surface area contributed by atoms with Crippen molar-refractivity contribution < 1.29 is 24.4 Å². The van der Waals surface area contributed by atoms with E-state index in [2.05, 4.69) is 20.3 Å². The highest BCUT2D eigenvalue weighted by molar-refractivity contribution is 5.82. The molecule has 0 saturated carbocycles. The van der Waals surface area contributed by atoms with E-state index in [0.717, 1.165) is 12.8 Å². The first-order valence-electron chi connectivity index (χ1n) is 8.02. The minimum absolute atomic E-state index is 0.111. The highest BCUT2D eigenvalue weighted by atomic mass is 19.1. The third-order valence-electron chi connectivity index (χ3n) is 4.20. The predicted molar refractivity (Wildman–Crippen MR) is 88.3 cm³/mol. The van der Waals surface area contributed by atoms with E-state index in [1.54, 1.807) is 4.57 Å².